The molecule has 1 heterocycles. The van der Waals surface area contributed by atoms with E-state index in [1.165, 1.54) is 12.1 Å². The average Bonchev–Trinajstić information content (AvgIpc) is 2.26. The Balaban J connectivity index is 2.23. The third-order valence-corrected chi connectivity index (χ3v) is 4.22. The molecule has 1 aromatic carbocycles. The molecule has 2 atom stereocenters. The molecule has 0 bridgehead atoms. The highest BCUT2D eigenvalue weighted by atomic mass is 79.9. The highest BCUT2D eigenvalue weighted by Gasteiger charge is 2.22. The summed E-state index contributed by atoms with van der Waals surface area (Å²) in [7, 11) is 0. The standard InChI is InChI=1S/C15H20BrNO/c1-10-6-11(2)9-17(8-10)13-4-5-14(12(3)18)15(16)7-13/h4-5,7,10-11H,6,8-9H2,1-3H3. The fraction of sp³-hybridized carbons (Fsp3) is 0.533. The van der Waals surface area contributed by atoms with Gasteiger partial charge in [0, 0.05) is 28.8 Å². The molecule has 0 spiro atoms. The van der Waals surface area contributed by atoms with Gasteiger partial charge in [-0.2, -0.15) is 0 Å². The van der Waals surface area contributed by atoms with E-state index < -0.39 is 0 Å². The van der Waals surface area contributed by atoms with Gasteiger partial charge in [-0.05, 0) is 59.3 Å². The molecule has 0 amide bonds. The number of rotatable bonds is 2. The van der Waals surface area contributed by atoms with Crippen molar-refractivity contribution in [2.75, 3.05) is 18.0 Å². The normalized spacial score (nSPS) is 24.1. The van der Waals surface area contributed by atoms with Crippen molar-refractivity contribution in [2.45, 2.75) is 27.2 Å². The maximum absolute atomic E-state index is 11.4. The van der Waals surface area contributed by atoms with E-state index >= 15 is 0 Å². The number of nitrogens with zero attached hydrogens (tertiary/aromatic N) is 1. The van der Waals surface area contributed by atoms with E-state index in [4.69, 9.17) is 0 Å². The van der Waals surface area contributed by atoms with Gasteiger partial charge in [-0.25, -0.2) is 0 Å². The smallest absolute Gasteiger partial charge is 0.160 e. The van der Waals surface area contributed by atoms with Crippen LogP contribution in [0.25, 0.3) is 0 Å². The first-order chi connectivity index (χ1) is 8.47. The molecule has 0 aromatic heterocycles. The number of anilines is 1. The summed E-state index contributed by atoms with van der Waals surface area (Å²) in [5, 5.41) is 0. The minimum atomic E-state index is 0.105. The lowest BCUT2D eigenvalue weighted by Crippen LogP contribution is -2.38. The van der Waals surface area contributed by atoms with E-state index in [2.05, 4.69) is 46.8 Å². The van der Waals surface area contributed by atoms with Gasteiger partial charge in [0.2, 0.25) is 0 Å². The van der Waals surface area contributed by atoms with E-state index in [1.54, 1.807) is 6.92 Å². The van der Waals surface area contributed by atoms with Gasteiger partial charge in [0.1, 0.15) is 0 Å². The van der Waals surface area contributed by atoms with Crippen molar-refractivity contribution >= 4 is 27.4 Å². The number of carbonyl (C=O) groups excluding carboxylic acids is 1. The molecular weight excluding hydrogens is 290 g/mol. The Morgan fingerprint density at radius 2 is 1.89 bits per heavy atom. The molecule has 1 saturated heterocycles. The molecule has 2 nitrogen and oxygen atoms in total. The third kappa shape index (κ3) is 2.94. The predicted octanol–water partition coefficient (Wildman–Crippen LogP) is 4.13. The molecule has 1 aliphatic heterocycles. The number of piperidine rings is 1. The monoisotopic (exact) mass is 309 g/mol. The van der Waals surface area contributed by atoms with Gasteiger partial charge in [0.05, 0.1) is 0 Å². The molecule has 0 N–H and O–H groups in total. The lowest BCUT2D eigenvalue weighted by Gasteiger charge is -2.36. The topological polar surface area (TPSA) is 20.3 Å². The first-order valence-electron chi connectivity index (χ1n) is 6.52. The van der Waals surface area contributed by atoms with Crippen molar-refractivity contribution in [1.82, 2.24) is 0 Å². The zero-order valence-corrected chi connectivity index (χ0v) is 12.8. The number of carbonyl (C=O) groups is 1. The van der Waals surface area contributed by atoms with E-state index in [1.807, 2.05) is 6.07 Å². The van der Waals surface area contributed by atoms with Crippen LogP contribution in [0.4, 0.5) is 5.69 Å². The van der Waals surface area contributed by atoms with Crippen LogP contribution in [0, 0.1) is 11.8 Å². The summed E-state index contributed by atoms with van der Waals surface area (Å²) in [5.74, 6) is 1.58. The second-order valence-corrected chi connectivity index (χ2v) is 6.43. The maximum atomic E-state index is 11.4. The Morgan fingerprint density at radius 1 is 1.28 bits per heavy atom. The second-order valence-electron chi connectivity index (χ2n) is 5.57. The minimum Gasteiger partial charge on any atom is -0.371 e. The molecule has 0 radical (unpaired) electrons. The van der Waals surface area contributed by atoms with E-state index in [0.29, 0.717) is 0 Å². The molecule has 0 aliphatic carbocycles. The Bertz CT molecular complexity index is 448. The zero-order valence-electron chi connectivity index (χ0n) is 11.2. The highest BCUT2D eigenvalue weighted by molar-refractivity contribution is 9.10. The van der Waals surface area contributed by atoms with Crippen molar-refractivity contribution in [3.8, 4) is 0 Å². The fourth-order valence-electron chi connectivity index (χ4n) is 2.86. The molecule has 2 unspecified atom stereocenters. The van der Waals surface area contributed by atoms with E-state index in [-0.39, 0.29) is 5.78 Å². The van der Waals surface area contributed by atoms with Crippen LogP contribution in [-0.4, -0.2) is 18.9 Å². The molecule has 98 valence electrons. The van der Waals surface area contributed by atoms with Crippen LogP contribution in [0.2, 0.25) is 0 Å². The predicted molar refractivity (Wildman–Crippen MR) is 79.3 cm³/mol. The average molecular weight is 310 g/mol. The van der Waals surface area contributed by atoms with Gasteiger partial charge in [-0.3, -0.25) is 4.79 Å². The summed E-state index contributed by atoms with van der Waals surface area (Å²) in [6, 6.07) is 6.05. The molecule has 18 heavy (non-hydrogen) atoms. The highest BCUT2D eigenvalue weighted by Crippen LogP contribution is 2.29. The number of benzene rings is 1. The number of hydrogen-bond acceptors (Lipinski definition) is 2. The van der Waals surface area contributed by atoms with Crippen LogP contribution >= 0.6 is 15.9 Å². The Labute approximate surface area is 117 Å². The summed E-state index contributed by atoms with van der Waals surface area (Å²) in [6.07, 6.45) is 1.31. The van der Waals surface area contributed by atoms with Gasteiger partial charge in [-0.1, -0.05) is 13.8 Å². The molecular formula is C15H20BrNO. The van der Waals surface area contributed by atoms with Crippen molar-refractivity contribution < 1.29 is 4.79 Å². The van der Waals surface area contributed by atoms with E-state index in [0.717, 1.165) is 35.0 Å². The van der Waals surface area contributed by atoms with Crippen LogP contribution in [0.3, 0.4) is 0 Å². The molecule has 0 saturated carbocycles. The summed E-state index contributed by atoms with van der Waals surface area (Å²) < 4.78 is 0.901. The Kier molecular flexibility index (Phi) is 4.10. The summed E-state index contributed by atoms with van der Waals surface area (Å²) in [6.45, 7) is 8.43. The number of Topliss-reactive ketones (excluding diaryl/α,β-unsaturated/α-hetero) is 1. The van der Waals surface area contributed by atoms with Crippen molar-refractivity contribution in [3.05, 3.63) is 28.2 Å². The lowest BCUT2D eigenvalue weighted by molar-refractivity contribution is 0.101. The third-order valence-electron chi connectivity index (χ3n) is 3.57. The van der Waals surface area contributed by atoms with Gasteiger partial charge in [-0.15, -0.1) is 0 Å². The largest absolute Gasteiger partial charge is 0.371 e. The number of halogens is 1. The molecule has 1 fully saturated rings. The quantitative estimate of drug-likeness (QED) is 0.765. The molecule has 1 aromatic rings. The van der Waals surface area contributed by atoms with E-state index in [9.17, 15) is 4.79 Å². The summed E-state index contributed by atoms with van der Waals surface area (Å²) >= 11 is 3.50. The first-order valence-corrected chi connectivity index (χ1v) is 7.32. The van der Waals surface area contributed by atoms with Crippen molar-refractivity contribution in [3.63, 3.8) is 0 Å². The van der Waals surface area contributed by atoms with Crippen molar-refractivity contribution in [1.29, 1.82) is 0 Å². The van der Waals surface area contributed by atoms with Crippen LogP contribution in [-0.2, 0) is 0 Å². The van der Waals surface area contributed by atoms with Crippen LogP contribution in [0.1, 0.15) is 37.6 Å². The summed E-state index contributed by atoms with van der Waals surface area (Å²) in [5.41, 5.74) is 1.97. The number of ketones is 1. The number of hydrogen-bond donors (Lipinski definition) is 0. The molecule has 2 rings (SSSR count). The van der Waals surface area contributed by atoms with Crippen LogP contribution < -0.4 is 4.90 Å². The zero-order chi connectivity index (χ0) is 13.3. The van der Waals surface area contributed by atoms with Gasteiger partial charge >= 0.3 is 0 Å². The minimum absolute atomic E-state index is 0.105. The van der Waals surface area contributed by atoms with Crippen LogP contribution in [0.15, 0.2) is 22.7 Å². The van der Waals surface area contributed by atoms with Crippen LogP contribution in [0.5, 0.6) is 0 Å². The fourth-order valence-corrected chi connectivity index (χ4v) is 3.51. The molecule has 1 aliphatic rings. The van der Waals surface area contributed by atoms with Gasteiger partial charge in [0.15, 0.2) is 5.78 Å². The Morgan fingerprint density at radius 3 is 2.39 bits per heavy atom. The van der Waals surface area contributed by atoms with Gasteiger partial charge < -0.3 is 4.90 Å². The second kappa shape index (κ2) is 5.43. The maximum Gasteiger partial charge on any atom is 0.160 e. The van der Waals surface area contributed by atoms with Crippen molar-refractivity contribution in [2.24, 2.45) is 11.8 Å². The Hall–Kier alpha value is -0.830. The SMILES string of the molecule is CC(=O)c1ccc(N2CC(C)CC(C)C2)cc1Br. The lowest BCUT2D eigenvalue weighted by atomic mass is 9.91. The first kappa shape index (κ1) is 13.6. The summed E-state index contributed by atoms with van der Waals surface area (Å²) in [4.78, 5) is 13.8. The van der Waals surface area contributed by atoms with Gasteiger partial charge in [0.25, 0.3) is 0 Å². The molecule has 3 heteroatoms.